The Morgan fingerprint density at radius 3 is 2.48 bits per heavy atom. The predicted molar refractivity (Wildman–Crippen MR) is 128 cm³/mol. The van der Waals surface area contributed by atoms with E-state index in [4.69, 9.17) is 21.1 Å². The predicted octanol–water partition coefficient (Wildman–Crippen LogP) is 5.22. The van der Waals surface area contributed by atoms with Gasteiger partial charge in [0, 0.05) is 10.6 Å². The minimum absolute atomic E-state index is 0.157. The molecule has 2 amide bonds. The van der Waals surface area contributed by atoms with Crippen molar-refractivity contribution in [3.05, 3.63) is 69.2 Å². The van der Waals surface area contributed by atoms with Crippen LogP contribution in [-0.2, 0) is 16.2 Å². The lowest BCUT2D eigenvalue weighted by atomic mass is 9.85. The zero-order chi connectivity index (χ0) is 23.1. The topological polar surface area (TPSA) is 68.2 Å². The number of carbonyl (C=O) groups is 2. The first-order chi connectivity index (χ1) is 16.0. The Morgan fingerprint density at radius 1 is 1.12 bits per heavy atom. The number of carbonyl (C=O) groups excluding carboxylic acids is 2. The van der Waals surface area contributed by atoms with Gasteiger partial charge in [-0.25, -0.2) is 0 Å². The first kappa shape index (κ1) is 22.2. The lowest BCUT2D eigenvalue weighted by molar-refractivity contribution is -0.140. The molecule has 8 heteroatoms. The van der Waals surface area contributed by atoms with Crippen molar-refractivity contribution in [2.24, 2.45) is 28.8 Å². The molecule has 2 fully saturated rings. The molecule has 0 unspecified atom stereocenters. The number of benzene rings is 2. The quantitative estimate of drug-likeness (QED) is 0.280. The van der Waals surface area contributed by atoms with Crippen LogP contribution >= 0.6 is 27.5 Å². The zero-order valence-corrected chi connectivity index (χ0v) is 20.3. The second kappa shape index (κ2) is 8.95. The zero-order valence-electron chi connectivity index (χ0n) is 17.9. The summed E-state index contributed by atoms with van der Waals surface area (Å²) in [6.45, 7) is 2.61. The standard InChI is InChI=1S/C25H22BrClN2O4/c1-2-32-20-10-14(9-18(26)23(20)33-13-17-5-3-4-6-19(17)27)12-28-29-24(30)21-15-7-8-16(11-15)22(21)25(29)31/h3-10,12,15-16,21-22H,2,11,13H2,1H3/b28-12-/t15-,16-,21-,22-/m0/s1. The van der Waals surface area contributed by atoms with E-state index in [2.05, 4.69) is 33.2 Å². The third-order valence-electron chi connectivity index (χ3n) is 6.43. The average Bonchev–Trinajstić information content (AvgIpc) is 3.47. The van der Waals surface area contributed by atoms with Crippen molar-refractivity contribution >= 4 is 45.6 Å². The second-order valence-corrected chi connectivity index (χ2v) is 9.64. The molecule has 1 heterocycles. The Labute approximate surface area is 205 Å². The fourth-order valence-corrected chi connectivity index (χ4v) is 5.72. The molecule has 0 N–H and O–H groups in total. The van der Waals surface area contributed by atoms with Gasteiger partial charge in [-0.15, -0.1) is 0 Å². The van der Waals surface area contributed by atoms with Gasteiger partial charge in [0.15, 0.2) is 11.5 Å². The van der Waals surface area contributed by atoms with Crippen LogP contribution in [0.1, 0.15) is 24.5 Å². The van der Waals surface area contributed by atoms with Gasteiger partial charge in [-0.05, 0) is 64.9 Å². The van der Waals surface area contributed by atoms with Gasteiger partial charge in [-0.1, -0.05) is 42.0 Å². The summed E-state index contributed by atoms with van der Waals surface area (Å²) < 4.78 is 12.5. The molecule has 6 nitrogen and oxygen atoms in total. The normalized spacial score (nSPS) is 25.4. The SMILES string of the molecule is CCOc1cc(/C=N\N2C(=O)[C@@H]3[C@@H](C2=O)[C@H]2C=C[C@H]3C2)cc(Br)c1OCc1ccccc1Cl. The van der Waals surface area contributed by atoms with Crippen LogP contribution in [-0.4, -0.2) is 29.6 Å². The molecule has 1 aliphatic heterocycles. The lowest BCUT2D eigenvalue weighted by Crippen LogP contribution is -2.28. The van der Waals surface area contributed by atoms with Crippen LogP contribution in [0, 0.1) is 23.7 Å². The second-order valence-electron chi connectivity index (χ2n) is 8.38. The molecule has 5 rings (SSSR count). The smallest absolute Gasteiger partial charge is 0.254 e. The first-order valence-electron chi connectivity index (χ1n) is 10.9. The number of hydrogen-bond acceptors (Lipinski definition) is 5. The maximum Gasteiger partial charge on any atom is 0.254 e. The minimum Gasteiger partial charge on any atom is -0.490 e. The van der Waals surface area contributed by atoms with Gasteiger partial charge >= 0.3 is 0 Å². The van der Waals surface area contributed by atoms with E-state index in [1.807, 2.05) is 37.3 Å². The summed E-state index contributed by atoms with van der Waals surface area (Å²) >= 11 is 9.78. The van der Waals surface area contributed by atoms with E-state index < -0.39 is 0 Å². The van der Waals surface area contributed by atoms with Gasteiger partial charge in [0.2, 0.25) is 0 Å². The fraction of sp³-hybridized carbons (Fsp3) is 0.320. The molecule has 0 spiro atoms. The van der Waals surface area contributed by atoms with Gasteiger partial charge in [0.05, 0.1) is 29.1 Å². The maximum atomic E-state index is 12.8. The highest BCUT2D eigenvalue weighted by Crippen LogP contribution is 2.52. The molecule has 0 radical (unpaired) electrons. The molecular weight excluding hydrogens is 508 g/mol. The van der Waals surface area contributed by atoms with E-state index in [1.54, 1.807) is 6.07 Å². The van der Waals surface area contributed by atoms with Crippen LogP contribution in [0.2, 0.25) is 5.02 Å². The Hall–Kier alpha value is -2.64. The van der Waals surface area contributed by atoms with Crippen molar-refractivity contribution in [2.45, 2.75) is 20.0 Å². The molecule has 2 bridgehead atoms. The van der Waals surface area contributed by atoms with Gasteiger partial charge < -0.3 is 9.47 Å². The Balaban J connectivity index is 1.36. The lowest BCUT2D eigenvalue weighted by Gasteiger charge is -2.15. The molecule has 33 heavy (non-hydrogen) atoms. The summed E-state index contributed by atoms with van der Waals surface area (Å²) in [7, 11) is 0. The number of fused-ring (bicyclic) bond motifs is 5. The fourth-order valence-electron chi connectivity index (χ4n) is 4.96. The summed E-state index contributed by atoms with van der Waals surface area (Å²) in [6, 6.07) is 11.1. The highest BCUT2D eigenvalue weighted by Gasteiger charge is 2.59. The van der Waals surface area contributed by atoms with Crippen molar-refractivity contribution < 1.29 is 19.1 Å². The average molecular weight is 530 g/mol. The first-order valence-corrected chi connectivity index (χ1v) is 12.1. The molecule has 170 valence electrons. The summed E-state index contributed by atoms with van der Waals surface area (Å²) in [5.41, 5.74) is 1.54. The highest BCUT2D eigenvalue weighted by molar-refractivity contribution is 9.10. The van der Waals surface area contributed by atoms with E-state index in [0.717, 1.165) is 17.0 Å². The maximum absolute atomic E-state index is 12.8. The Kier molecular flexibility index (Phi) is 6.01. The number of halogens is 2. The number of amides is 2. The molecule has 2 aromatic carbocycles. The number of ether oxygens (including phenoxy) is 2. The number of imide groups is 1. The van der Waals surface area contributed by atoms with Crippen LogP contribution in [0.5, 0.6) is 11.5 Å². The molecule has 2 aliphatic carbocycles. The van der Waals surface area contributed by atoms with Crippen LogP contribution in [0.3, 0.4) is 0 Å². The Bertz CT molecular complexity index is 1150. The van der Waals surface area contributed by atoms with Gasteiger partial charge in [0.25, 0.3) is 11.8 Å². The molecule has 1 saturated heterocycles. The summed E-state index contributed by atoms with van der Waals surface area (Å²) in [5, 5.41) is 5.93. The van der Waals surface area contributed by atoms with Gasteiger partial charge in [-0.3, -0.25) is 9.59 Å². The summed E-state index contributed by atoms with van der Waals surface area (Å²) in [6.07, 6.45) is 6.54. The van der Waals surface area contributed by atoms with Crippen LogP contribution in [0.25, 0.3) is 0 Å². The summed E-state index contributed by atoms with van der Waals surface area (Å²) in [4.78, 5) is 25.7. The molecule has 1 saturated carbocycles. The largest absolute Gasteiger partial charge is 0.490 e. The minimum atomic E-state index is -0.268. The van der Waals surface area contributed by atoms with Crippen LogP contribution < -0.4 is 9.47 Å². The van der Waals surface area contributed by atoms with E-state index in [-0.39, 0.29) is 42.1 Å². The van der Waals surface area contributed by atoms with Crippen molar-refractivity contribution in [3.8, 4) is 11.5 Å². The molecular formula is C25H22BrClN2O4. The number of rotatable bonds is 7. The van der Waals surface area contributed by atoms with Crippen molar-refractivity contribution in [3.63, 3.8) is 0 Å². The highest BCUT2D eigenvalue weighted by atomic mass is 79.9. The van der Waals surface area contributed by atoms with Gasteiger partial charge in [0.1, 0.15) is 6.61 Å². The molecule has 3 aliphatic rings. The number of hydrazone groups is 1. The van der Waals surface area contributed by atoms with Crippen molar-refractivity contribution in [2.75, 3.05) is 6.61 Å². The molecule has 4 atom stereocenters. The van der Waals surface area contributed by atoms with Crippen LogP contribution in [0.15, 0.2) is 58.1 Å². The Morgan fingerprint density at radius 2 is 1.82 bits per heavy atom. The third kappa shape index (κ3) is 3.97. The van der Waals surface area contributed by atoms with Gasteiger partial charge in [-0.2, -0.15) is 10.1 Å². The molecule has 2 aromatic rings. The number of hydrogen-bond donors (Lipinski definition) is 0. The van der Waals surface area contributed by atoms with E-state index in [1.165, 1.54) is 6.21 Å². The van der Waals surface area contributed by atoms with E-state index in [0.29, 0.717) is 33.2 Å². The number of allylic oxidation sites excluding steroid dienone is 2. The summed E-state index contributed by atoms with van der Waals surface area (Å²) in [5.74, 6) is 0.434. The van der Waals surface area contributed by atoms with Crippen LogP contribution in [0.4, 0.5) is 0 Å². The van der Waals surface area contributed by atoms with E-state index >= 15 is 0 Å². The third-order valence-corrected chi connectivity index (χ3v) is 7.39. The van der Waals surface area contributed by atoms with Crippen molar-refractivity contribution in [1.29, 1.82) is 0 Å². The monoisotopic (exact) mass is 528 g/mol. The number of nitrogens with zero attached hydrogens (tertiary/aromatic N) is 2. The molecule has 0 aromatic heterocycles. The van der Waals surface area contributed by atoms with Crippen molar-refractivity contribution in [1.82, 2.24) is 5.01 Å². The van der Waals surface area contributed by atoms with E-state index in [9.17, 15) is 9.59 Å².